The minimum absolute atomic E-state index is 0.0486. The maximum Gasteiger partial charge on any atom is 0.0691 e. The molecule has 1 saturated carbocycles. The second-order valence-electron chi connectivity index (χ2n) is 2.87. The van der Waals surface area contributed by atoms with E-state index in [-0.39, 0.29) is 12.1 Å². The highest BCUT2D eigenvalue weighted by Crippen LogP contribution is 2.15. The average Bonchev–Trinajstić information content (AvgIpc) is 1.99. The van der Waals surface area contributed by atoms with E-state index in [1.165, 1.54) is 12.8 Å². The molecule has 1 aliphatic rings. The van der Waals surface area contributed by atoms with Gasteiger partial charge in [0.05, 0.1) is 6.10 Å². The molecule has 2 atom stereocenters. The van der Waals surface area contributed by atoms with Crippen LogP contribution in [0.5, 0.6) is 0 Å². The number of hydrogen-bond donors (Lipinski definition) is 2. The van der Waals surface area contributed by atoms with E-state index >= 15 is 0 Å². The summed E-state index contributed by atoms with van der Waals surface area (Å²) in [6.07, 6.45) is 5.26. The zero-order valence-corrected chi connectivity index (χ0v) is 5.71. The largest absolute Gasteiger partial charge is 0.392 e. The minimum atomic E-state index is -0.229. The number of nitrogens with two attached hydrogens (primary N) is 1. The predicted molar refractivity (Wildman–Crippen MR) is 37.1 cm³/mol. The highest BCUT2D eigenvalue weighted by Gasteiger charge is 2.16. The van der Waals surface area contributed by atoms with Crippen molar-refractivity contribution in [2.45, 2.75) is 44.2 Å². The molecule has 0 aromatic heterocycles. The molecule has 0 heterocycles. The summed E-state index contributed by atoms with van der Waals surface area (Å²) in [4.78, 5) is 0. The van der Waals surface area contributed by atoms with Gasteiger partial charge in [-0.25, -0.2) is 0 Å². The van der Waals surface area contributed by atoms with E-state index in [0.717, 1.165) is 19.3 Å². The van der Waals surface area contributed by atoms with Gasteiger partial charge in [0.2, 0.25) is 0 Å². The third-order valence-corrected chi connectivity index (χ3v) is 2.03. The molecule has 1 aliphatic carbocycles. The van der Waals surface area contributed by atoms with Gasteiger partial charge >= 0.3 is 0 Å². The van der Waals surface area contributed by atoms with Gasteiger partial charge in [-0.05, 0) is 12.8 Å². The maximum absolute atomic E-state index is 9.23. The molecule has 2 nitrogen and oxygen atoms in total. The van der Waals surface area contributed by atoms with Crippen molar-refractivity contribution in [1.82, 2.24) is 0 Å². The summed E-state index contributed by atoms with van der Waals surface area (Å²) in [5.74, 6) is 0. The maximum atomic E-state index is 9.23. The van der Waals surface area contributed by atoms with Gasteiger partial charge in [0.25, 0.3) is 0 Å². The van der Waals surface area contributed by atoms with Crippen molar-refractivity contribution in [3.8, 4) is 0 Å². The smallest absolute Gasteiger partial charge is 0.0691 e. The monoisotopic (exact) mass is 129 g/mol. The normalized spacial score (nSPS) is 38.0. The molecule has 1 rings (SSSR count). The third kappa shape index (κ3) is 1.95. The Labute approximate surface area is 56.1 Å². The Kier molecular flexibility index (Phi) is 2.49. The standard InChI is InChI=1S/C7H15NO/c8-6-4-2-1-3-5-7(6)9/h6-7,9H,1-5,8H2/t6-,7-/m0/s1. The van der Waals surface area contributed by atoms with Crippen molar-refractivity contribution < 1.29 is 5.11 Å². The molecule has 0 unspecified atom stereocenters. The van der Waals surface area contributed by atoms with E-state index in [2.05, 4.69) is 0 Å². The zero-order chi connectivity index (χ0) is 6.69. The first-order chi connectivity index (χ1) is 4.30. The lowest BCUT2D eigenvalue weighted by Crippen LogP contribution is -2.33. The van der Waals surface area contributed by atoms with Crippen LogP contribution in [0, 0.1) is 0 Å². The van der Waals surface area contributed by atoms with E-state index < -0.39 is 0 Å². The van der Waals surface area contributed by atoms with Gasteiger partial charge in [-0.1, -0.05) is 19.3 Å². The van der Waals surface area contributed by atoms with Crippen LogP contribution in [-0.2, 0) is 0 Å². The van der Waals surface area contributed by atoms with Crippen molar-refractivity contribution in [2.75, 3.05) is 0 Å². The molecule has 9 heavy (non-hydrogen) atoms. The van der Waals surface area contributed by atoms with Crippen molar-refractivity contribution in [2.24, 2.45) is 5.73 Å². The highest BCUT2D eigenvalue weighted by atomic mass is 16.3. The molecule has 0 aliphatic heterocycles. The summed E-state index contributed by atoms with van der Waals surface area (Å²) in [6, 6.07) is 0.0486. The first-order valence-corrected chi connectivity index (χ1v) is 3.74. The topological polar surface area (TPSA) is 46.2 Å². The Hall–Kier alpha value is -0.0800. The molecule has 0 amide bonds. The molecule has 3 N–H and O–H groups in total. The number of aliphatic hydroxyl groups is 1. The van der Waals surface area contributed by atoms with Gasteiger partial charge in [0, 0.05) is 6.04 Å². The van der Waals surface area contributed by atoms with E-state index in [9.17, 15) is 5.11 Å². The van der Waals surface area contributed by atoms with Crippen LogP contribution in [-0.4, -0.2) is 17.3 Å². The van der Waals surface area contributed by atoms with E-state index in [0.29, 0.717) is 0 Å². The van der Waals surface area contributed by atoms with Crippen molar-refractivity contribution in [3.05, 3.63) is 0 Å². The first kappa shape index (κ1) is 7.03. The molecular weight excluding hydrogens is 114 g/mol. The molecule has 0 aromatic carbocycles. The zero-order valence-electron chi connectivity index (χ0n) is 5.71. The lowest BCUT2D eigenvalue weighted by molar-refractivity contribution is 0.137. The Bertz CT molecular complexity index is 75.0. The lowest BCUT2D eigenvalue weighted by atomic mass is 10.1. The van der Waals surface area contributed by atoms with Crippen molar-refractivity contribution >= 4 is 0 Å². The van der Waals surface area contributed by atoms with Crippen LogP contribution in [0.25, 0.3) is 0 Å². The van der Waals surface area contributed by atoms with Crippen LogP contribution in [0.2, 0.25) is 0 Å². The van der Waals surface area contributed by atoms with Crippen LogP contribution < -0.4 is 5.73 Å². The quantitative estimate of drug-likeness (QED) is 0.471. The summed E-state index contributed by atoms with van der Waals surface area (Å²) >= 11 is 0. The summed E-state index contributed by atoms with van der Waals surface area (Å²) in [5.41, 5.74) is 5.63. The van der Waals surface area contributed by atoms with Crippen LogP contribution in [0.4, 0.5) is 0 Å². The molecule has 0 bridgehead atoms. The molecule has 0 saturated heterocycles. The average molecular weight is 129 g/mol. The first-order valence-electron chi connectivity index (χ1n) is 3.74. The van der Waals surface area contributed by atoms with E-state index in [1.807, 2.05) is 0 Å². The van der Waals surface area contributed by atoms with Gasteiger partial charge in [-0.3, -0.25) is 0 Å². The fourth-order valence-electron chi connectivity index (χ4n) is 1.32. The molecule has 2 heteroatoms. The molecule has 0 spiro atoms. The Morgan fingerprint density at radius 3 is 2.56 bits per heavy atom. The van der Waals surface area contributed by atoms with E-state index in [4.69, 9.17) is 5.73 Å². The number of aliphatic hydroxyl groups excluding tert-OH is 1. The van der Waals surface area contributed by atoms with Crippen LogP contribution in [0.3, 0.4) is 0 Å². The van der Waals surface area contributed by atoms with Crippen LogP contribution in [0.1, 0.15) is 32.1 Å². The van der Waals surface area contributed by atoms with E-state index in [1.54, 1.807) is 0 Å². The van der Waals surface area contributed by atoms with Crippen molar-refractivity contribution in [3.63, 3.8) is 0 Å². The fraction of sp³-hybridized carbons (Fsp3) is 1.00. The highest BCUT2D eigenvalue weighted by molar-refractivity contribution is 4.74. The Morgan fingerprint density at radius 1 is 1.11 bits per heavy atom. The molecule has 0 aromatic rings. The Balaban J connectivity index is 2.32. The predicted octanol–water partition coefficient (Wildman–Crippen LogP) is 0.639. The molecule has 0 radical (unpaired) electrons. The SMILES string of the molecule is N[C@H]1CCCCC[C@@H]1O. The van der Waals surface area contributed by atoms with Gasteiger partial charge < -0.3 is 10.8 Å². The van der Waals surface area contributed by atoms with Gasteiger partial charge in [0.15, 0.2) is 0 Å². The third-order valence-electron chi connectivity index (χ3n) is 2.03. The second-order valence-corrected chi connectivity index (χ2v) is 2.87. The number of rotatable bonds is 0. The molecule has 54 valence electrons. The molecule has 1 fully saturated rings. The second kappa shape index (κ2) is 3.18. The summed E-state index contributed by atoms with van der Waals surface area (Å²) in [6.45, 7) is 0. The number of hydrogen-bond acceptors (Lipinski definition) is 2. The van der Waals surface area contributed by atoms with Crippen molar-refractivity contribution in [1.29, 1.82) is 0 Å². The minimum Gasteiger partial charge on any atom is -0.392 e. The fourth-order valence-corrected chi connectivity index (χ4v) is 1.32. The summed E-state index contributed by atoms with van der Waals surface area (Å²) < 4.78 is 0. The van der Waals surface area contributed by atoms with Gasteiger partial charge in [-0.15, -0.1) is 0 Å². The summed E-state index contributed by atoms with van der Waals surface area (Å²) in [5, 5.41) is 9.23. The summed E-state index contributed by atoms with van der Waals surface area (Å²) in [7, 11) is 0. The van der Waals surface area contributed by atoms with Crippen LogP contribution >= 0.6 is 0 Å². The van der Waals surface area contributed by atoms with Gasteiger partial charge in [-0.2, -0.15) is 0 Å². The molecular formula is C7H15NO. The lowest BCUT2D eigenvalue weighted by Gasteiger charge is -2.13. The Morgan fingerprint density at radius 2 is 1.78 bits per heavy atom. The van der Waals surface area contributed by atoms with Crippen LogP contribution in [0.15, 0.2) is 0 Å². The van der Waals surface area contributed by atoms with Gasteiger partial charge in [0.1, 0.15) is 0 Å².